The van der Waals surface area contributed by atoms with E-state index in [9.17, 15) is 8.42 Å². The molecule has 0 N–H and O–H groups in total. The molecule has 1 atom stereocenters. The summed E-state index contributed by atoms with van der Waals surface area (Å²) in [6, 6.07) is 2.12. The van der Waals surface area contributed by atoms with E-state index in [-0.39, 0.29) is 17.5 Å². The van der Waals surface area contributed by atoms with E-state index in [1.165, 1.54) is 0 Å². The lowest BCUT2D eigenvalue weighted by molar-refractivity contribution is 0.251. The molecule has 0 radical (unpaired) electrons. The molecule has 1 aliphatic rings. The van der Waals surface area contributed by atoms with Gasteiger partial charge in [-0.05, 0) is 13.0 Å². The third-order valence-electron chi connectivity index (χ3n) is 2.40. The minimum atomic E-state index is -2.82. The Balaban J connectivity index is 2.59. The van der Waals surface area contributed by atoms with Crippen LogP contribution >= 0.6 is 0 Å². The SMILES string of the molecule is CCN(CC#N)C1CCS(=O)(=O)C1. The highest BCUT2D eigenvalue weighted by atomic mass is 32.2. The molecule has 4 nitrogen and oxygen atoms in total. The molecule has 0 aromatic carbocycles. The van der Waals surface area contributed by atoms with Crippen LogP contribution in [-0.4, -0.2) is 44.0 Å². The Hall–Kier alpha value is -0.600. The van der Waals surface area contributed by atoms with Crippen molar-refractivity contribution in [2.24, 2.45) is 0 Å². The zero-order valence-electron chi connectivity index (χ0n) is 7.73. The summed E-state index contributed by atoms with van der Waals surface area (Å²) >= 11 is 0. The molecule has 1 fully saturated rings. The fraction of sp³-hybridized carbons (Fsp3) is 0.875. The summed E-state index contributed by atoms with van der Waals surface area (Å²) in [5.41, 5.74) is 0. The number of hydrogen-bond acceptors (Lipinski definition) is 4. The summed E-state index contributed by atoms with van der Waals surface area (Å²) in [6.07, 6.45) is 0.678. The zero-order chi connectivity index (χ0) is 9.90. The van der Waals surface area contributed by atoms with Crippen LogP contribution in [0.15, 0.2) is 0 Å². The van der Waals surface area contributed by atoms with Crippen LogP contribution in [0.2, 0.25) is 0 Å². The molecular weight excluding hydrogens is 188 g/mol. The number of rotatable bonds is 3. The lowest BCUT2D eigenvalue weighted by Gasteiger charge is -2.22. The van der Waals surface area contributed by atoms with Crippen LogP contribution in [0.5, 0.6) is 0 Å². The molecule has 0 bridgehead atoms. The second kappa shape index (κ2) is 4.07. The first-order chi connectivity index (χ1) is 6.09. The normalized spacial score (nSPS) is 26.1. The third kappa shape index (κ3) is 2.68. The first kappa shape index (κ1) is 10.5. The zero-order valence-corrected chi connectivity index (χ0v) is 8.55. The van der Waals surface area contributed by atoms with Gasteiger partial charge in [0.1, 0.15) is 0 Å². The van der Waals surface area contributed by atoms with E-state index in [0.717, 1.165) is 6.54 Å². The molecule has 1 heterocycles. The molecule has 0 aromatic heterocycles. The summed E-state index contributed by atoms with van der Waals surface area (Å²) in [5.74, 6) is 0.502. The average Bonchev–Trinajstić information content (AvgIpc) is 2.42. The Morgan fingerprint density at radius 2 is 2.31 bits per heavy atom. The molecule has 0 aromatic rings. The van der Waals surface area contributed by atoms with Crippen LogP contribution < -0.4 is 0 Å². The number of nitrogens with zero attached hydrogens (tertiary/aromatic N) is 2. The van der Waals surface area contributed by atoms with E-state index >= 15 is 0 Å². The van der Waals surface area contributed by atoms with Crippen molar-refractivity contribution in [2.45, 2.75) is 19.4 Å². The van der Waals surface area contributed by atoms with Crippen molar-refractivity contribution in [3.05, 3.63) is 0 Å². The summed E-state index contributed by atoms with van der Waals surface area (Å²) in [5, 5.41) is 8.52. The van der Waals surface area contributed by atoms with E-state index < -0.39 is 9.84 Å². The molecule has 0 spiro atoms. The number of sulfone groups is 1. The molecule has 1 rings (SSSR count). The molecule has 0 saturated carbocycles. The first-order valence-corrected chi connectivity index (χ1v) is 6.22. The standard InChI is InChI=1S/C8H14N2O2S/c1-2-10(5-4-9)8-3-6-13(11,12)7-8/h8H,2-3,5-7H2,1H3. The molecular formula is C8H14N2O2S. The van der Waals surface area contributed by atoms with Gasteiger partial charge in [0.05, 0.1) is 24.1 Å². The largest absolute Gasteiger partial charge is 0.287 e. The topological polar surface area (TPSA) is 61.2 Å². The highest BCUT2D eigenvalue weighted by Gasteiger charge is 2.31. The van der Waals surface area contributed by atoms with Crippen molar-refractivity contribution in [2.75, 3.05) is 24.6 Å². The van der Waals surface area contributed by atoms with E-state index in [2.05, 4.69) is 6.07 Å². The fourth-order valence-corrected chi connectivity index (χ4v) is 3.41. The van der Waals surface area contributed by atoms with Gasteiger partial charge in [-0.1, -0.05) is 6.92 Å². The van der Waals surface area contributed by atoms with Crippen molar-refractivity contribution in [3.8, 4) is 6.07 Å². The van der Waals surface area contributed by atoms with Gasteiger partial charge >= 0.3 is 0 Å². The van der Waals surface area contributed by atoms with E-state index in [1.807, 2.05) is 11.8 Å². The minimum Gasteiger partial charge on any atom is -0.287 e. The Labute approximate surface area is 79.1 Å². The van der Waals surface area contributed by atoms with Gasteiger partial charge in [0.2, 0.25) is 0 Å². The fourth-order valence-electron chi connectivity index (χ4n) is 1.65. The molecule has 74 valence electrons. The van der Waals surface area contributed by atoms with E-state index in [4.69, 9.17) is 5.26 Å². The quantitative estimate of drug-likeness (QED) is 0.605. The van der Waals surface area contributed by atoms with E-state index in [1.54, 1.807) is 0 Å². The van der Waals surface area contributed by atoms with Crippen LogP contribution in [0.4, 0.5) is 0 Å². The molecule has 1 unspecified atom stereocenters. The highest BCUT2D eigenvalue weighted by Crippen LogP contribution is 2.16. The lowest BCUT2D eigenvalue weighted by atomic mass is 10.2. The maximum Gasteiger partial charge on any atom is 0.151 e. The van der Waals surface area contributed by atoms with E-state index in [0.29, 0.717) is 13.0 Å². The second-order valence-corrected chi connectivity index (χ2v) is 5.51. The van der Waals surface area contributed by atoms with Crippen LogP contribution in [0, 0.1) is 11.3 Å². The summed E-state index contributed by atoms with van der Waals surface area (Å²) in [4.78, 5) is 1.92. The molecule has 1 aliphatic heterocycles. The summed E-state index contributed by atoms with van der Waals surface area (Å²) in [6.45, 7) is 3.02. The number of nitriles is 1. The Bertz CT molecular complexity index is 305. The predicted molar refractivity (Wildman–Crippen MR) is 49.9 cm³/mol. The van der Waals surface area contributed by atoms with Gasteiger partial charge in [0.15, 0.2) is 9.84 Å². The summed E-state index contributed by atoms with van der Waals surface area (Å²) < 4.78 is 22.3. The highest BCUT2D eigenvalue weighted by molar-refractivity contribution is 7.91. The Morgan fingerprint density at radius 1 is 1.62 bits per heavy atom. The second-order valence-electron chi connectivity index (χ2n) is 3.28. The monoisotopic (exact) mass is 202 g/mol. The van der Waals surface area contributed by atoms with Crippen molar-refractivity contribution < 1.29 is 8.42 Å². The van der Waals surface area contributed by atoms with Crippen molar-refractivity contribution in [1.82, 2.24) is 4.90 Å². The lowest BCUT2D eigenvalue weighted by Crippen LogP contribution is -2.36. The van der Waals surface area contributed by atoms with Crippen LogP contribution in [0.25, 0.3) is 0 Å². The maximum absolute atomic E-state index is 11.2. The van der Waals surface area contributed by atoms with Gasteiger partial charge in [0.25, 0.3) is 0 Å². The molecule has 13 heavy (non-hydrogen) atoms. The predicted octanol–water partition coefficient (Wildman–Crippen LogP) is 0.0190. The van der Waals surface area contributed by atoms with Crippen LogP contribution in [0.3, 0.4) is 0 Å². The van der Waals surface area contributed by atoms with Gasteiger partial charge in [-0.15, -0.1) is 0 Å². The molecule has 0 amide bonds. The van der Waals surface area contributed by atoms with Gasteiger partial charge < -0.3 is 0 Å². The smallest absolute Gasteiger partial charge is 0.151 e. The maximum atomic E-state index is 11.2. The minimum absolute atomic E-state index is 0.0645. The van der Waals surface area contributed by atoms with Crippen LogP contribution in [0.1, 0.15) is 13.3 Å². The van der Waals surface area contributed by atoms with Crippen LogP contribution in [-0.2, 0) is 9.84 Å². The van der Waals surface area contributed by atoms with Gasteiger partial charge in [-0.25, -0.2) is 8.42 Å². The molecule has 0 aliphatic carbocycles. The van der Waals surface area contributed by atoms with Gasteiger partial charge in [0, 0.05) is 6.04 Å². The van der Waals surface area contributed by atoms with Crippen molar-refractivity contribution >= 4 is 9.84 Å². The Kier molecular flexibility index (Phi) is 3.28. The third-order valence-corrected chi connectivity index (χ3v) is 4.16. The van der Waals surface area contributed by atoms with Gasteiger partial charge in [-0.2, -0.15) is 5.26 Å². The molecule has 1 saturated heterocycles. The average molecular weight is 202 g/mol. The van der Waals surface area contributed by atoms with Crippen molar-refractivity contribution in [1.29, 1.82) is 5.26 Å². The first-order valence-electron chi connectivity index (χ1n) is 4.40. The number of hydrogen-bond donors (Lipinski definition) is 0. The van der Waals surface area contributed by atoms with Crippen molar-refractivity contribution in [3.63, 3.8) is 0 Å². The summed E-state index contributed by atoms with van der Waals surface area (Å²) in [7, 11) is -2.82. The molecule has 5 heteroatoms. The Morgan fingerprint density at radius 3 is 2.69 bits per heavy atom. The van der Waals surface area contributed by atoms with Gasteiger partial charge in [-0.3, -0.25) is 4.90 Å².